The molecule has 1 saturated heterocycles. The van der Waals surface area contributed by atoms with Crippen LogP contribution in [0.4, 0.5) is 0 Å². The lowest BCUT2D eigenvalue weighted by Gasteiger charge is -2.23. The van der Waals surface area contributed by atoms with Crippen LogP contribution in [0, 0.1) is 6.92 Å². The average molecular weight is 349 g/mol. The minimum absolute atomic E-state index is 0.00246. The molecule has 7 nitrogen and oxygen atoms in total. The number of rotatable bonds is 5. The van der Waals surface area contributed by atoms with Gasteiger partial charge >= 0.3 is 0 Å². The second kappa shape index (κ2) is 6.72. The molecule has 0 radical (unpaired) electrons. The van der Waals surface area contributed by atoms with Crippen LogP contribution in [0.15, 0.2) is 34.9 Å². The van der Waals surface area contributed by atoms with Crippen LogP contribution in [-0.4, -0.2) is 42.5 Å². The highest BCUT2D eigenvalue weighted by Crippen LogP contribution is 2.29. The normalized spacial score (nSPS) is 16.3. The number of benzene rings is 1. The largest absolute Gasteiger partial charge is 0.341 e. The van der Waals surface area contributed by atoms with Crippen molar-refractivity contribution in [3.63, 3.8) is 0 Å². The number of hydrogen-bond acceptors (Lipinski definition) is 6. The van der Waals surface area contributed by atoms with Crippen molar-refractivity contribution in [2.75, 3.05) is 13.1 Å². The second-order valence-electron chi connectivity index (χ2n) is 5.87. The third-order valence-electron chi connectivity index (χ3n) is 4.00. The Hall–Kier alpha value is -2.22. The molecular weight excluding hydrogens is 330 g/mol. The van der Waals surface area contributed by atoms with E-state index < -0.39 is 20.8 Å². The zero-order valence-corrected chi connectivity index (χ0v) is 14.2. The number of hydrogen-bond donors (Lipinski definition) is 0. The van der Waals surface area contributed by atoms with Gasteiger partial charge in [-0.1, -0.05) is 35.5 Å². The molecule has 1 aliphatic heterocycles. The molecule has 1 atom stereocenters. The van der Waals surface area contributed by atoms with Crippen molar-refractivity contribution in [1.82, 2.24) is 15.0 Å². The third kappa shape index (κ3) is 3.48. The van der Waals surface area contributed by atoms with Crippen molar-refractivity contribution in [1.29, 1.82) is 0 Å². The Balaban J connectivity index is 1.95. The molecule has 1 aliphatic rings. The minimum atomic E-state index is -3.84. The van der Waals surface area contributed by atoms with Gasteiger partial charge in [-0.2, -0.15) is 4.98 Å². The molecule has 1 aromatic carbocycles. The van der Waals surface area contributed by atoms with E-state index in [-0.39, 0.29) is 11.8 Å². The van der Waals surface area contributed by atoms with E-state index in [4.69, 9.17) is 4.52 Å². The molecule has 0 saturated carbocycles. The van der Waals surface area contributed by atoms with Gasteiger partial charge in [-0.05, 0) is 25.3 Å². The lowest BCUT2D eigenvalue weighted by Crippen LogP contribution is -2.36. The molecule has 0 N–H and O–H groups in total. The summed E-state index contributed by atoms with van der Waals surface area (Å²) in [5.74, 6) is -0.465. The molecule has 24 heavy (non-hydrogen) atoms. The van der Waals surface area contributed by atoms with Crippen LogP contribution in [0.25, 0.3) is 0 Å². The SMILES string of the molecule is Cc1noc(CS(=O)(=O)[C@H](C(=O)N2CCCC2)c2ccccc2)n1. The maximum absolute atomic E-state index is 12.9. The molecule has 0 unspecified atom stereocenters. The van der Waals surface area contributed by atoms with Gasteiger partial charge in [0.1, 0.15) is 5.75 Å². The number of amides is 1. The summed E-state index contributed by atoms with van der Waals surface area (Å²) in [6, 6.07) is 8.57. The van der Waals surface area contributed by atoms with E-state index in [0.29, 0.717) is 24.5 Å². The summed E-state index contributed by atoms with van der Waals surface area (Å²) in [5.41, 5.74) is 0.464. The summed E-state index contributed by atoms with van der Waals surface area (Å²) in [6.07, 6.45) is 1.80. The zero-order chi connectivity index (χ0) is 17.2. The van der Waals surface area contributed by atoms with E-state index in [1.54, 1.807) is 42.2 Å². The van der Waals surface area contributed by atoms with Crippen LogP contribution in [-0.2, 0) is 20.4 Å². The Bertz CT molecular complexity index is 811. The Morgan fingerprint density at radius 3 is 2.50 bits per heavy atom. The molecule has 2 heterocycles. The highest BCUT2D eigenvalue weighted by Gasteiger charge is 2.38. The fraction of sp³-hybridized carbons (Fsp3) is 0.438. The van der Waals surface area contributed by atoms with E-state index in [1.807, 2.05) is 0 Å². The summed E-state index contributed by atoms with van der Waals surface area (Å²) >= 11 is 0. The molecule has 1 amide bonds. The number of sulfone groups is 1. The minimum Gasteiger partial charge on any atom is -0.341 e. The summed E-state index contributed by atoms with van der Waals surface area (Å²) in [6.45, 7) is 2.80. The first kappa shape index (κ1) is 16.6. The first-order valence-electron chi connectivity index (χ1n) is 7.82. The standard InChI is InChI=1S/C16H19N3O4S/c1-12-17-14(23-18-12)11-24(21,22)15(13-7-3-2-4-8-13)16(20)19-9-5-6-10-19/h2-4,7-8,15H,5-6,9-11H2,1H3/t15-/m0/s1. The van der Waals surface area contributed by atoms with E-state index in [1.165, 1.54) is 0 Å². The van der Waals surface area contributed by atoms with Crippen molar-refractivity contribution in [2.45, 2.75) is 30.8 Å². The van der Waals surface area contributed by atoms with Crippen molar-refractivity contribution < 1.29 is 17.7 Å². The molecule has 2 aromatic rings. The van der Waals surface area contributed by atoms with Crippen LogP contribution in [0.3, 0.4) is 0 Å². The van der Waals surface area contributed by atoms with Gasteiger partial charge in [0.05, 0.1) is 0 Å². The van der Waals surface area contributed by atoms with Crippen molar-refractivity contribution in [3.05, 3.63) is 47.6 Å². The molecule has 0 spiro atoms. The van der Waals surface area contributed by atoms with Gasteiger partial charge in [0.2, 0.25) is 11.8 Å². The third-order valence-corrected chi connectivity index (χ3v) is 5.84. The number of aromatic nitrogens is 2. The second-order valence-corrected chi connectivity index (χ2v) is 7.95. The molecule has 8 heteroatoms. The first-order valence-corrected chi connectivity index (χ1v) is 9.53. The first-order chi connectivity index (χ1) is 11.5. The van der Waals surface area contributed by atoms with Crippen LogP contribution >= 0.6 is 0 Å². The Kier molecular flexibility index (Phi) is 4.66. The van der Waals surface area contributed by atoms with Gasteiger partial charge in [-0.25, -0.2) is 8.42 Å². The van der Waals surface area contributed by atoms with Crippen LogP contribution < -0.4 is 0 Å². The maximum atomic E-state index is 12.9. The molecule has 1 aromatic heterocycles. The number of nitrogens with zero attached hydrogens (tertiary/aromatic N) is 3. The topological polar surface area (TPSA) is 93.4 Å². The number of carbonyl (C=O) groups excluding carboxylic acids is 1. The summed E-state index contributed by atoms with van der Waals surface area (Å²) in [4.78, 5) is 18.4. The van der Waals surface area contributed by atoms with Gasteiger partial charge in [0.25, 0.3) is 0 Å². The fourth-order valence-electron chi connectivity index (χ4n) is 2.89. The molecular formula is C16H19N3O4S. The van der Waals surface area contributed by atoms with Gasteiger partial charge < -0.3 is 9.42 Å². The number of carbonyl (C=O) groups is 1. The Morgan fingerprint density at radius 2 is 1.92 bits per heavy atom. The highest BCUT2D eigenvalue weighted by atomic mass is 32.2. The van der Waals surface area contributed by atoms with Crippen molar-refractivity contribution in [3.8, 4) is 0 Å². The van der Waals surface area contributed by atoms with Crippen molar-refractivity contribution in [2.24, 2.45) is 0 Å². The summed E-state index contributed by atoms with van der Waals surface area (Å²) in [7, 11) is -3.84. The van der Waals surface area contributed by atoms with Crippen LogP contribution in [0.5, 0.6) is 0 Å². The van der Waals surface area contributed by atoms with Crippen LogP contribution in [0.2, 0.25) is 0 Å². The molecule has 0 aliphatic carbocycles. The summed E-state index contributed by atoms with van der Waals surface area (Å²) < 4.78 is 30.8. The maximum Gasteiger partial charge on any atom is 0.245 e. The smallest absolute Gasteiger partial charge is 0.245 e. The predicted octanol–water partition coefficient (Wildman–Crippen LogP) is 1.66. The average Bonchev–Trinajstić information content (AvgIpc) is 3.19. The molecule has 128 valence electrons. The number of aryl methyl sites for hydroxylation is 1. The van der Waals surface area contributed by atoms with E-state index in [9.17, 15) is 13.2 Å². The summed E-state index contributed by atoms with van der Waals surface area (Å²) in [5, 5.41) is 2.36. The van der Waals surface area contributed by atoms with E-state index in [2.05, 4.69) is 10.1 Å². The van der Waals surface area contributed by atoms with Crippen molar-refractivity contribution >= 4 is 15.7 Å². The van der Waals surface area contributed by atoms with E-state index in [0.717, 1.165) is 12.8 Å². The zero-order valence-electron chi connectivity index (χ0n) is 13.4. The molecule has 0 bridgehead atoms. The number of likely N-dealkylation sites (tertiary alicyclic amines) is 1. The van der Waals surface area contributed by atoms with Gasteiger partial charge in [0.15, 0.2) is 20.9 Å². The quantitative estimate of drug-likeness (QED) is 0.815. The van der Waals surface area contributed by atoms with Gasteiger partial charge in [0, 0.05) is 13.1 Å². The Morgan fingerprint density at radius 1 is 1.25 bits per heavy atom. The lowest BCUT2D eigenvalue weighted by atomic mass is 10.1. The molecule has 1 fully saturated rings. The lowest BCUT2D eigenvalue weighted by molar-refractivity contribution is -0.129. The Labute approximate surface area is 140 Å². The predicted molar refractivity (Wildman–Crippen MR) is 86.7 cm³/mol. The van der Waals surface area contributed by atoms with E-state index >= 15 is 0 Å². The van der Waals surface area contributed by atoms with Gasteiger partial charge in [-0.3, -0.25) is 4.79 Å². The molecule has 3 rings (SSSR count). The fourth-order valence-corrected chi connectivity index (χ4v) is 4.55. The monoisotopic (exact) mass is 349 g/mol. The van der Waals surface area contributed by atoms with Crippen LogP contribution in [0.1, 0.15) is 35.4 Å². The van der Waals surface area contributed by atoms with Gasteiger partial charge in [-0.15, -0.1) is 0 Å². The highest BCUT2D eigenvalue weighted by molar-refractivity contribution is 7.91.